The molecule has 2 bridgehead atoms. The van der Waals surface area contributed by atoms with Crippen molar-refractivity contribution in [2.75, 3.05) is 6.54 Å². The summed E-state index contributed by atoms with van der Waals surface area (Å²) in [5.74, 6) is 1.95. The highest BCUT2D eigenvalue weighted by molar-refractivity contribution is 6.26. The number of rotatable bonds is 1. The van der Waals surface area contributed by atoms with Gasteiger partial charge in [-0.25, -0.2) is 0 Å². The van der Waals surface area contributed by atoms with Gasteiger partial charge in [-0.15, -0.1) is 11.6 Å². The third-order valence-corrected chi connectivity index (χ3v) is 4.64. The molecule has 1 fully saturated rings. The molecule has 0 aromatic heterocycles. The van der Waals surface area contributed by atoms with Crippen LogP contribution in [0.1, 0.15) is 19.8 Å². The first-order valence-corrected chi connectivity index (χ1v) is 6.03. The molecule has 4 unspecified atom stereocenters. The number of azo groups is 1. The van der Waals surface area contributed by atoms with E-state index in [1.165, 1.54) is 12.8 Å². The Balaban J connectivity index is 1.91. The average molecular weight is 223 g/mol. The average Bonchev–Trinajstić information content (AvgIpc) is 2.91. The quantitative estimate of drug-likeness (QED) is 0.479. The fraction of sp³-hybridized carbons (Fsp3) is 0.667. The number of hydrogen-bond donors (Lipinski definition) is 0. The van der Waals surface area contributed by atoms with E-state index in [0.717, 1.165) is 11.6 Å². The number of nitrogens with zero attached hydrogens (tertiary/aromatic N) is 2. The van der Waals surface area contributed by atoms with Gasteiger partial charge in [0.15, 0.2) is 0 Å². The van der Waals surface area contributed by atoms with Crippen molar-refractivity contribution in [3.63, 3.8) is 0 Å². The first kappa shape index (κ1) is 9.59. The van der Waals surface area contributed by atoms with Crippen molar-refractivity contribution in [2.45, 2.75) is 24.6 Å². The molecule has 0 amide bonds. The van der Waals surface area contributed by atoms with E-state index in [1.807, 2.05) is 13.0 Å². The molecule has 0 aromatic carbocycles. The predicted octanol–water partition coefficient (Wildman–Crippen LogP) is 3.55. The van der Waals surface area contributed by atoms with Crippen LogP contribution in [0.25, 0.3) is 0 Å². The van der Waals surface area contributed by atoms with E-state index in [2.05, 4.69) is 22.4 Å². The monoisotopic (exact) mass is 222 g/mol. The first-order valence-electron chi connectivity index (χ1n) is 5.65. The summed E-state index contributed by atoms with van der Waals surface area (Å²) in [7, 11) is 0. The zero-order valence-corrected chi connectivity index (χ0v) is 9.61. The van der Waals surface area contributed by atoms with Gasteiger partial charge in [0, 0.05) is 0 Å². The largest absolute Gasteiger partial charge is 0.187 e. The van der Waals surface area contributed by atoms with Crippen LogP contribution in [-0.2, 0) is 0 Å². The summed E-state index contributed by atoms with van der Waals surface area (Å²) in [6, 6.07) is 0. The summed E-state index contributed by atoms with van der Waals surface area (Å²) in [6.07, 6.45) is 9.21. The molecule has 2 aliphatic carbocycles. The second-order valence-corrected chi connectivity index (χ2v) is 5.50. The van der Waals surface area contributed by atoms with E-state index in [4.69, 9.17) is 11.6 Å². The third kappa shape index (κ3) is 1.24. The summed E-state index contributed by atoms with van der Waals surface area (Å²) in [6.45, 7) is 2.66. The molecule has 0 saturated heterocycles. The Morgan fingerprint density at radius 2 is 2.33 bits per heavy atom. The Morgan fingerprint density at radius 3 is 2.93 bits per heavy atom. The minimum atomic E-state index is -0.307. The molecule has 3 heteroatoms. The van der Waals surface area contributed by atoms with Gasteiger partial charge in [-0.2, -0.15) is 10.2 Å². The Labute approximate surface area is 95.1 Å². The van der Waals surface area contributed by atoms with Crippen molar-refractivity contribution in [1.82, 2.24) is 0 Å². The Bertz CT molecular complexity index is 372. The smallest absolute Gasteiger partial charge is 0.113 e. The van der Waals surface area contributed by atoms with Gasteiger partial charge in [-0.3, -0.25) is 0 Å². The van der Waals surface area contributed by atoms with E-state index in [0.29, 0.717) is 18.4 Å². The number of alkyl halides is 1. The summed E-state index contributed by atoms with van der Waals surface area (Å²) >= 11 is 6.75. The topological polar surface area (TPSA) is 24.7 Å². The van der Waals surface area contributed by atoms with Gasteiger partial charge < -0.3 is 0 Å². The molecule has 0 aromatic rings. The molecule has 1 heterocycles. The summed E-state index contributed by atoms with van der Waals surface area (Å²) in [4.78, 5) is -0.307. The number of allylic oxidation sites excluding steroid dienone is 3. The van der Waals surface area contributed by atoms with Gasteiger partial charge in [0.2, 0.25) is 0 Å². The van der Waals surface area contributed by atoms with Crippen LogP contribution in [0.15, 0.2) is 34.2 Å². The molecular formula is C12H15ClN2. The van der Waals surface area contributed by atoms with E-state index >= 15 is 0 Å². The van der Waals surface area contributed by atoms with Crippen LogP contribution in [0.3, 0.4) is 0 Å². The number of fused-ring (bicyclic) bond motifs is 2. The van der Waals surface area contributed by atoms with Crippen molar-refractivity contribution in [3.05, 3.63) is 23.9 Å². The van der Waals surface area contributed by atoms with Crippen LogP contribution in [0.4, 0.5) is 0 Å². The van der Waals surface area contributed by atoms with E-state index in [9.17, 15) is 0 Å². The number of hydrogen-bond acceptors (Lipinski definition) is 2. The fourth-order valence-corrected chi connectivity index (χ4v) is 3.74. The minimum Gasteiger partial charge on any atom is -0.187 e. The highest BCUT2D eigenvalue weighted by Crippen LogP contribution is 2.54. The van der Waals surface area contributed by atoms with Gasteiger partial charge in [0.25, 0.3) is 0 Å². The lowest BCUT2D eigenvalue weighted by atomic mass is 9.80. The molecule has 2 nitrogen and oxygen atoms in total. The molecule has 0 N–H and O–H groups in total. The van der Waals surface area contributed by atoms with Crippen LogP contribution in [0.5, 0.6) is 0 Å². The molecule has 0 radical (unpaired) electrons. The lowest BCUT2D eigenvalue weighted by Gasteiger charge is -2.32. The standard InChI is InChI=1S/C12H15ClN2/c1-2-11-12(13,7-14-15-11)10-6-8-3-4-9(10)5-8/h2-4,8-10H,5-7H2,1H3. The van der Waals surface area contributed by atoms with Crippen LogP contribution >= 0.6 is 11.6 Å². The van der Waals surface area contributed by atoms with Crippen molar-refractivity contribution in [1.29, 1.82) is 0 Å². The van der Waals surface area contributed by atoms with Gasteiger partial charge in [-0.05, 0) is 37.5 Å². The fourth-order valence-electron chi connectivity index (χ4n) is 3.29. The van der Waals surface area contributed by atoms with Gasteiger partial charge in [-0.1, -0.05) is 18.2 Å². The van der Waals surface area contributed by atoms with E-state index < -0.39 is 0 Å². The summed E-state index contributed by atoms with van der Waals surface area (Å²) in [5.41, 5.74) is 0.982. The highest BCUT2D eigenvalue weighted by atomic mass is 35.5. The van der Waals surface area contributed by atoms with Gasteiger partial charge in [0.1, 0.15) is 4.87 Å². The normalized spacial score (nSPS) is 49.7. The molecule has 1 saturated carbocycles. The lowest BCUT2D eigenvalue weighted by Crippen LogP contribution is -2.36. The Morgan fingerprint density at radius 1 is 1.47 bits per heavy atom. The first-order chi connectivity index (χ1) is 7.24. The van der Waals surface area contributed by atoms with Crippen LogP contribution in [0.2, 0.25) is 0 Å². The molecule has 4 atom stereocenters. The molecule has 0 spiro atoms. The van der Waals surface area contributed by atoms with Crippen LogP contribution < -0.4 is 0 Å². The lowest BCUT2D eigenvalue weighted by molar-refractivity contribution is 0.368. The van der Waals surface area contributed by atoms with Crippen LogP contribution in [0, 0.1) is 17.8 Å². The zero-order chi connectivity index (χ0) is 10.5. The zero-order valence-electron chi connectivity index (χ0n) is 8.86. The maximum atomic E-state index is 6.75. The SMILES string of the molecule is CC=C1N=NCC1(Cl)C1CC2C=CC1C2. The highest BCUT2D eigenvalue weighted by Gasteiger charge is 2.51. The predicted molar refractivity (Wildman–Crippen MR) is 60.9 cm³/mol. The minimum absolute atomic E-state index is 0.307. The molecule has 15 heavy (non-hydrogen) atoms. The van der Waals surface area contributed by atoms with Gasteiger partial charge in [0.05, 0.1) is 12.2 Å². The maximum Gasteiger partial charge on any atom is 0.113 e. The second kappa shape index (κ2) is 3.18. The second-order valence-electron chi connectivity index (χ2n) is 4.82. The molecule has 3 aliphatic rings. The summed E-state index contributed by atoms with van der Waals surface area (Å²) in [5, 5.41) is 8.28. The Kier molecular flexibility index (Phi) is 2.03. The van der Waals surface area contributed by atoms with Gasteiger partial charge >= 0.3 is 0 Å². The van der Waals surface area contributed by atoms with Crippen molar-refractivity contribution < 1.29 is 0 Å². The van der Waals surface area contributed by atoms with Crippen molar-refractivity contribution in [2.24, 2.45) is 28.0 Å². The van der Waals surface area contributed by atoms with Crippen LogP contribution in [-0.4, -0.2) is 11.4 Å². The van der Waals surface area contributed by atoms with Crippen molar-refractivity contribution >= 4 is 11.6 Å². The summed E-state index contributed by atoms with van der Waals surface area (Å²) < 4.78 is 0. The van der Waals surface area contributed by atoms with Crippen molar-refractivity contribution in [3.8, 4) is 0 Å². The number of halogens is 1. The molecule has 80 valence electrons. The molecule has 3 rings (SSSR count). The maximum absolute atomic E-state index is 6.75. The van der Waals surface area contributed by atoms with E-state index in [-0.39, 0.29) is 4.87 Å². The van der Waals surface area contributed by atoms with E-state index in [1.54, 1.807) is 0 Å². The third-order valence-electron chi connectivity index (χ3n) is 4.05. The molecule has 1 aliphatic heterocycles. The Hall–Kier alpha value is -0.630. The molecular weight excluding hydrogens is 208 g/mol.